The highest BCUT2D eigenvalue weighted by atomic mass is 16.1. The number of anilines is 1. The maximum Gasteiger partial charge on any atom is 0.266 e. The third-order valence-corrected chi connectivity index (χ3v) is 5.24. The molecular formula is C22H31N5O. The molecule has 0 atom stereocenters. The van der Waals surface area contributed by atoms with Gasteiger partial charge in [0.05, 0.1) is 5.69 Å². The summed E-state index contributed by atoms with van der Waals surface area (Å²) in [6.45, 7) is 12.3. The van der Waals surface area contributed by atoms with E-state index in [0.29, 0.717) is 17.0 Å². The predicted molar refractivity (Wildman–Crippen MR) is 116 cm³/mol. The monoisotopic (exact) mass is 381 g/mol. The molecule has 0 saturated carbocycles. The molecule has 1 aromatic carbocycles. The van der Waals surface area contributed by atoms with Gasteiger partial charge in [0.25, 0.3) is 5.56 Å². The Bertz CT molecular complexity index is 1050. The lowest BCUT2D eigenvalue weighted by molar-refractivity contribution is 0.684. The molecule has 0 saturated heterocycles. The summed E-state index contributed by atoms with van der Waals surface area (Å²) in [6.07, 6.45) is 2.01. The average Bonchev–Trinajstić information content (AvgIpc) is 2.93. The minimum atomic E-state index is -0.0420. The zero-order valence-corrected chi connectivity index (χ0v) is 18.1. The Kier molecular flexibility index (Phi) is 5.59. The number of benzene rings is 1. The second-order valence-corrected chi connectivity index (χ2v) is 7.71. The molecule has 3 rings (SSSR count). The van der Waals surface area contributed by atoms with E-state index in [1.165, 1.54) is 5.56 Å². The van der Waals surface area contributed by atoms with Gasteiger partial charge in [-0.05, 0) is 44.7 Å². The predicted octanol–water partition coefficient (Wildman–Crippen LogP) is 3.89. The molecule has 28 heavy (non-hydrogen) atoms. The van der Waals surface area contributed by atoms with E-state index in [4.69, 9.17) is 4.98 Å². The van der Waals surface area contributed by atoms with E-state index in [-0.39, 0.29) is 5.56 Å². The SMILES string of the molecule is CCCN(CCC)c1nc2nn(C)c(-c3c(C)cc(C)cc3C)c2c(=O)n1C. The Morgan fingerprint density at radius 1 is 1.00 bits per heavy atom. The molecule has 0 N–H and O–H groups in total. The number of rotatable bonds is 6. The van der Waals surface area contributed by atoms with Crippen LogP contribution < -0.4 is 10.5 Å². The molecule has 0 bridgehead atoms. The molecule has 150 valence electrons. The van der Waals surface area contributed by atoms with Gasteiger partial charge in [0, 0.05) is 32.7 Å². The Labute approximate surface area is 166 Å². The molecule has 6 heteroatoms. The molecule has 0 aliphatic carbocycles. The van der Waals surface area contributed by atoms with Gasteiger partial charge in [-0.2, -0.15) is 10.1 Å². The van der Waals surface area contributed by atoms with Crippen molar-refractivity contribution in [3.05, 3.63) is 39.2 Å². The molecule has 0 unspecified atom stereocenters. The summed E-state index contributed by atoms with van der Waals surface area (Å²) in [5.41, 5.74) is 5.91. The Hall–Kier alpha value is -2.63. The van der Waals surface area contributed by atoms with Crippen molar-refractivity contribution in [2.24, 2.45) is 14.1 Å². The van der Waals surface area contributed by atoms with Gasteiger partial charge < -0.3 is 4.90 Å². The largest absolute Gasteiger partial charge is 0.342 e. The van der Waals surface area contributed by atoms with Crippen LogP contribution in [-0.2, 0) is 14.1 Å². The highest BCUT2D eigenvalue weighted by molar-refractivity contribution is 5.93. The van der Waals surface area contributed by atoms with Crippen LogP contribution in [0.25, 0.3) is 22.3 Å². The number of fused-ring (bicyclic) bond motifs is 1. The van der Waals surface area contributed by atoms with Gasteiger partial charge in [-0.15, -0.1) is 0 Å². The molecule has 0 fully saturated rings. The molecule has 2 aromatic heterocycles. The molecular weight excluding hydrogens is 350 g/mol. The second-order valence-electron chi connectivity index (χ2n) is 7.71. The van der Waals surface area contributed by atoms with Crippen LogP contribution in [0.3, 0.4) is 0 Å². The third kappa shape index (κ3) is 3.32. The van der Waals surface area contributed by atoms with Crippen LogP contribution in [-0.4, -0.2) is 32.4 Å². The summed E-state index contributed by atoms with van der Waals surface area (Å²) in [4.78, 5) is 20.4. The molecule has 3 aromatic rings. The maximum atomic E-state index is 13.4. The van der Waals surface area contributed by atoms with E-state index in [0.717, 1.165) is 48.3 Å². The van der Waals surface area contributed by atoms with E-state index >= 15 is 0 Å². The standard InChI is InChI=1S/C22H31N5O/c1-8-10-27(11-9-2)22-23-20-18(21(28)25(22)6)19(26(7)24-20)17-15(4)12-14(3)13-16(17)5/h12-13H,8-11H2,1-7H3. The van der Waals surface area contributed by atoms with Crippen LogP contribution >= 0.6 is 0 Å². The summed E-state index contributed by atoms with van der Waals surface area (Å²) in [6, 6.07) is 4.30. The number of hydrogen-bond acceptors (Lipinski definition) is 4. The number of hydrogen-bond donors (Lipinski definition) is 0. The van der Waals surface area contributed by atoms with E-state index < -0.39 is 0 Å². The van der Waals surface area contributed by atoms with Crippen molar-refractivity contribution >= 4 is 17.0 Å². The molecule has 2 heterocycles. The van der Waals surface area contributed by atoms with E-state index in [9.17, 15) is 4.79 Å². The Morgan fingerprint density at radius 3 is 2.11 bits per heavy atom. The van der Waals surface area contributed by atoms with Crippen LogP contribution in [0.15, 0.2) is 16.9 Å². The minimum absolute atomic E-state index is 0.0420. The first-order chi connectivity index (χ1) is 13.3. The van der Waals surface area contributed by atoms with E-state index in [1.807, 2.05) is 14.1 Å². The van der Waals surface area contributed by atoms with Gasteiger partial charge in [0.15, 0.2) is 5.65 Å². The summed E-state index contributed by atoms with van der Waals surface area (Å²) >= 11 is 0. The van der Waals surface area contributed by atoms with Crippen LogP contribution in [0.5, 0.6) is 0 Å². The molecule has 0 spiro atoms. The zero-order valence-electron chi connectivity index (χ0n) is 18.1. The molecule has 0 amide bonds. The average molecular weight is 382 g/mol. The van der Waals surface area contributed by atoms with Crippen LogP contribution in [0.2, 0.25) is 0 Å². The molecule has 0 aliphatic rings. The lowest BCUT2D eigenvalue weighted by Crippen LogP contribution is -2.33. The number of aromatic nitrogens is 4. The van der Waals surface area contributed by atoms with Gasteiger partial charge in [-0.25, -0.2) is 0 Å². The Balaban J connectivity index is 2.31. The first kappa shape index (κ1) is 20.1. The summed E-state index contributed by atoms with van der Waals surface area (Å²) in [7, 11) is 3.71. The first-order valence-electron chi connectivity index (χ1n) is 10.1. The van der Waals surface area contributed by atoms with Gasteiger partial charge >= 0.3 is 0 Å². The van der Waals surface area contributed by atoms with E-state index in [2.05, 4.69) is 56.8 Å². The topological polar surface area (TPSA) is 56.0 Å². The fourth-order valence-corrected chi connectivity index (χ4v) is 4.19. The number of aryl methyl sites for hydroxylation is 4. The minimum Gasteiger partial charge on any atom is -0.342 e. The smallest absolute Gasteiger partial charge is 0.266 e. The van der Waals surface area contributed by atoms with Crippen molar-refractivity contribution in [3.63, 3.8) is 0 Å². The molecule has 6 nitrogen and oxygen atoms in total. The second kappa shape index (κ2) is 7.78. The van der Waals surface area contributed by atoms with Gasteiger partial charge in [-0.1, -0.05) is 31.5 Å². The summed E-state index contributed by atoms with van der Waals surface area (Å²) < 4.78 is 3.48. The quantitative estimate of drug-likeness (QED) is 0.650. The van der Waals surface area contributed by atoms with Crippen molar-refractivity contribution in [2.45, 2.75) is 47.5 Å². The molecule has 0 radical (unpaired) electrons. The van der Waals surface area contributed by atoms with Crippen molar-refractivity contribution in [1.29, 1.82) is 0 Å². The number of nitrogens with zero attached hydrogens (tertiary/aromatic N) is 5. The van der Waals surface area contributed by atoms with Gasteiger partial charge in [0.1, 0.15) is 5.39 Å². The highest BCUT2D eigenvalue weighted by Gasteiger charge is 2.23. The molecule has 0 aliphatic heterocycles. The summed E-state index contributed by atoms with van der Waals surface area (Å²) in [5.74, 6) is 0.697. The highest BCUT2D eigenvalue weighted by Crippen LogP contribution is 2.32. The normalized spacial score (nSPS) is 11.4. The fourth-order valence-electron chi connectivity index (χ4n) is 4.19. The van der Waals surface area contributed by atoms with Gasteiger partial charge in [-0.3, -0.25) is 14.0 Å². The van der Waals surface area contributed by atoms with Crippen molar-refractivity contribution in [2.75, 3.05) is 18.0 Å². The maximum absolute atomic E-state index is 13.4. The van der Waals surface area contributed by atoms with Crippen LogP contribution in [0.4, 0.5) is 5.95 Å². The van der Waals surface area contributed by atoms with Crippen LogP contribution in [0.1, 0.15) is 43.4 Å². The van der Waals surface area contributed by atoms with Crippen molar-refractivity contribution in [3.8, 4) is 11.3 Å². The fraction of sp³-hybridized carbons (Fsp3) is 0.500. The Morgan fingerprint density at radius 2 is 1.57 bits per heavy atom. The first-order valence-corrected chi connectivity index (χ1v) is 10.1. The van der Waals surface area contributed by atoms with Crippen LogP contribution in [0, 0.1) is 20.8 Å². The lowest BCUT2D eigenvalue weighted by Gasteiger charge is -2.24. The lowest BCUT2D eigenvalue weighted by atomic mass is 9.96. The zero-order chi connectivity index (χ0) is 20.6. The van der Waals surface area contributed by atoms with Crippen molar-refractivity contribution in [1.82, 2.24) is 19.3 Å². The van der Waals surface area contributed by atoms with E-state index in [1.54, 1.807) is 9.25 Å². The summed E-state index contributed by atoms with van der Waals surface area (Å²) in [5, 5.41) is 5.22. The van der Waals surface area contributed by atoms with Gasteiger partial charge in [0.2, 0.25) is 5.95 Å². The van der Waals surface area contributed by atoms with Crippen molar-refractivity contribution < 1.29 is 0 Å². The third-order valence-electron chi connectivity index (χ3n) is 5.24.